The maximum Gasteiger partial charge on any atom is 0.307 e. The molecule has 1 saturated heterocycles. The van der Waals surface area contributed by atoms with E-state index in [4.69, 9.17) is 0 Å². The third kappa shape index (κ3) is 2.54. The third-order valence-electron chi connectivity index (χ3n) is 2.97. The van der Waals surface area contributed by atoms with Crippen LogP contribution in [0.25, 0.3) is 0 Å². The van der Waals surface area contributed by atoms with E-state index >= 15 is 0 Å². The molecule has 0 radical (unpaired) electrons. The van der Waals surface area contributed by atoms with Gasteiger partial charge in [-0.15, -0.1) is 11.3 Å². The van der Waals surface area contributed by atoms with Gasteiger partial charge in [0.05, 0.1) is 19.6 Å². The molecule has 2 unspecified atom stereocenters. The topological polar surface area (TPSA) is 58.6 Å². The predicted octanol–water partition coefficient (Wildman–Crippen LogP) is 1.13. The minimum Gasteiger partial charge on any atom is -0.469 e. The zero-order valence-electron chi connectivity index (χ0n) is 10.4. The van der Waals surface area contributed by atoms with Crippen molar-refractivity contribution in [1.29, 1.82) is 0 Å². The summed E-state index contributed by atoms with van der Waals surface area (Å²) in [6, 6.07) is 3.72. The van der Waals surface area contributed by atoms with Gasteiger partial charge < -0.3 is 9.64 Å². The Morgan fingerprint density at radius 2 is 2.39 bits per heavy atom. The molecule has 1 N–H and O–H groups in total. The van der Waals surface area contributed by atoms with Crippen LogP contribution in [-0.4, -0.2) is 36.5 Å². The molecule has 0 spiro atoms. The van der Waals surface area contributed by atoms with E-state index in [1.54, 1.807) is 16.2 Å². The van der Waals surface area contributed by atoms with Crippen molar-refractivity contribution < 1.29 is 14.3 Å². The molecule has 5 nitrogen and oxygen atoms in total. The van der Waals surface area contributed by atoms with Crippen LogP contribution in [0.2, 0.25) is 0 Å². The van der Waals surface area contributed by atoms with Gasteiger partial charge in [0.2, 0.25) is 5.91 Å². The second kappa shape index (κ2) is 5.49. The highest BCUT2D eigenvalue weighted by atomic mass is 32.1. The third-order valence-corrected chi connectivity index (χ3v) is 3.89. The van der Waals surface area contributed by atoms with E-state index in [1.807, 2.05) is 24.4 Å². The summed E-state index contributed by atoms with van der Waals surface area (Å²) in [4.78, 5) is 26.0. The number of ether oxygens (including phenoxy) is 1. The average Bonchev–Trinajstić information content (AvgIpc) is 2.97. The molecule has 18 heavy (non-hydrogen) atoms. The van der Waals surface area contributed by atoms with Crippen LogP contribution in [0.4, 0.5) is 0 Å². The second-order valence-electron chi connectivity index (χ2n) is 4.16. The number of carbonyl (C=O) groups excluding carboxylic acids is 2. The highest BCUT2D eigenvalue weighted by Crippen LogP contribution is 2.28. The fraction of sp³-hybridized carbons (Fsp3) is 0.500. The molecule has 2 rings (SSSR count). The zero-order valence-corrected chi connectivity index (χ0v) is 11.2. The summed E-state index contributed by atoms with van der Waals surface area (Å²) < 4.78 is 4.60. The van der Waals surface area contributed by atoms with E-state index in [1.165, 1.54) is 7.11 Å². The first-order valence-corrected chi connectivity index (χ1v) is 6.68. The van der Waals surface area contributed by atoms with Crippen LogP contribution in [0.3, 0.4) is 0 Å². The lowest BCUT2D eigenvalue weighted by atomic mass is 10.3. The number of esters is 1. The lowest BCUT2D eigenvalue weighted by Gasteiger charge is -2.22. The van der Waals surface area contributed by atoms with Crippen LogP contribution in [-0.2, 0) is 14.3 Å². The Morgan fingerprint density at radius 3 is 3.00 bits per heavy atom. The number of rotatable bonds is 4. The normalized spacial score (nSPS) is 23.4. The summed E-state index contributed by atoms with van der Waals surface area (Å²) in [5.74, 6) is -0.274. The lowest BCUT2D eigenvalue weighted by Crippen LogP contribution is -2.32. The molecule has 2 heterocycles. The van der Waals surface area contributed by atoms with Crippen molar-refractivity contribution in [2.75, 3.05) is 13.7 Å². The monoisotopic (exact) mass is 268 g/mol. The van der Waals surface area contributed by atoms with Gasteiger partial charge >= 0.3 is 5.97 Å². The van der Waals surface area contributed by atoms with Gasteiger partial charge in [0, 0.05) is 11.4 Å². The Balaban J connectivity index is 2.08. The molecule has 98 valence electrons. The summed E-state index contributed by atoms with van der Waals surface area (Å²) >= 11 is 1.60. The first kappa shape index (κ1) is 13.0. The number of nitrogens with zero attached hydrogens (tertiary/aromatic N) is 1. The van der Waals surface area contributed by atoms with Gasteiger partial charge in [-0.05, 0) is 18.4 Å². The fourth-order valence-corrected chi connectivity index (χ4v) is 2.81. The van der Waals surface area contributed by atoms with Crippen molar-refractivity contribution in [2.45, 2.75) is 25.6 Å². The smallest absolute Gasteiger partial charge is 0.307 e. The van der Waals surface area contributed by atoms with Gasteiger partial charge in [-0.25, -0.2) is 0 Å². The summed E-state index contributed by atoms with van der Waals surface area (Å²) in [5.41, 5.74) is 0. The number of thiophene rings is 1. The summed E-state index contributed by atoms with van der Waals surface area (Å²) in [6.45, 7) is 2.21. The number of hydrogen-bond donors (Lipinski definition) is 1. The van der Waals surface area contributed by atoms with E-state index in [9.17, 15) is 9.59 Å². The van der Waals surface area contributed by atoms with Crippen LogP contribution in [0.1, 0.15) is 24.4 Å². The minimum atomic E-state index is -0.299. The molecule has 6 heteroatoms. The molecule has 1 amide bonds. The summed E-state index contributed by atoms with van der Waals surface area (Å²) in [7, 11) is 1.35. The van der Waals surface area contributed by atoms with E-state index in [0.717, 1.165) is 4.88 Å². The van der Waals surface area contributed by atoms with Crippen LogP contribution in [0, 0.1) is 0 Å². The number of carbonyl (C=O) groups is 2. The van der Waals surface area contributed by atoms with E-state index in [0.29, 0.717) is 6.54 Å². The number of hydrogen-bond acceptors (Lipinski definition) is 5. The molecule has 2 atom stereocenters. The van der Waals surface area contributed by atoms with Gasteiger partial charge in [-0.1, -0.05) is 6.07 Å². The van der Waals surface area contributed by atoms with Crippen LogP contribution < -0.4 is 5.32 Å². The van der Waals surface area contributed by atoms with E-state index < -0.39 is 0 Å². The Kier molecular flexibility index (Phi) is 3.98. The van der Waals surface area contributed by atoms with Gasteiger partial charge in [0.15, 0.2) is 0 Å². The Hall–Kier alpha value is -1.40. The SMILES string of the molecule is COC(=O)CCN1C(=O)C(C)NC1c1cccs1. The molecule has 0 aliphatic carbocycles. The highest BCUT2D eigenvalue weighted by Gasteiger charge is 2.37. The molecular weight excluding hydrogens is 252 g/mol. The second-order valence-corrected chi connectivity index (χ2v) is 5.14. The van der Waals surface area contributed by atoms with Crippen molar-refractivity contribution in [3.8, 4) is 0 Å². The molecule has 1 aromatic rings. The first-order chi connectivity index (χ1) is 8.63. The molecule has 0 aromatic carbocycles. The number of nitrogens with one attached hydrogen (secondary N) is 1. The van der Waals surface area contributed by atoms with Crippen LogP contribution in [0.5, 0.6) is 0 Å². The fourth-order valence-electron chi connectivity index (χ4n) is 2.01. The van der Waals surface area contributed by atoms with Crippen LogP contribution in [0.15, 0.2) is 17.5 Å². The summed E-state index contributed by atoms with van der Waals surface area (Å²) in [6.07, 6.45) is 0.0931. The standard InChI is InChI=1S/C12H16N2O3S/c1-8-12(16)14(6-5-10(15)17-2)11(13-8)9-4-3-7-18-9/h3-4,7-8,11,13H,5-6H2,1-2H3. The van der Waals surface area contributed by atoms with Gasteiger partial charge in [-0.2, -0.15) is 0 Å². The molecular formula is C12H16N2O3S. The largest absolute Gasteiger partial charge is 0.469 e. The predicted molar refractivity (Wildman–Crippen MR) is 68.0 cm³/mol. The maximum atomic E-state index is 12.0. The van der Waals surface area contributed by atoms with Crippen molar-refractivity contribution in [1.82, 2.24) is 10.2 Å². The first-order valence-electron chi connectivity index (χ1n) is 5.80. The van der Waals surface area contributed by atoms with Crippen LogP contribution >= 0.6 is 11.3 Å². The van der Waals surface area contributed by atoms with Crippen molar-refractivity contribution in [2.24, 2.45) is 0 Å². The molecule has 1 aromatic heterocycles. The zero-order chi connectivity index (χ0) is 13.1. The lowest BCUT2D eigenvalue weighted by molar-refractivity contribution is -0.141. The Labute approximate surface area is 110 Å². The van der Waals surface area contributed by atoms with Crippen molar-refractivity contribution in [3.63, 3.8) is 0 Å². The molecule has 0 saturated carbocycles. The van der Waals surface area contributed by atoms with Gasteiger partial charge in [-0.3, -0.25) is 14.9 Å². The van der Waals surface area contributed by atoms with Gasteiger partial charge in [0.1, 0.15) is 6.17 Å². The Bertz CT molecular complexity index is 433. The number of amides is 1. The highest BCUT2D eigenvalue weighted by molar-refractivity contribution is 7.10. The molecule has 1 aliphatic rings. The Morgan fingerprint density at radius 1 is 1.61 bits per heavy atom. The molecule has 1 fully saturated rings. The number of methoxy groups -OCH3 is 1. The van der Waals surface area contributed by atoms with E-state index in [2.05, 4.69) is 10.1 Å². The van der Waals surface area contributed by atoms with Crippen molar-refractivity contribution >= 4 is 23.2 Å². The average molecular weight is 268 g/mol. The molecule has 0 bridgehead atoms. The quantitative estimate of drug-likeness (QED) is 0.832. The van der Waals surface area contributed by atoms with E-state index in [-0.39, 0.29) is 30.5 Å². The minimum absolute atomic E-state index is 0.0253. The van der Waals surface area contributed by atoms with Gasteiger partial charge in [0.25, 0.3) is 0 Å². The maximum absolute atomic E-state index is 12.0. The van der Waals surface area contributed by atoms with Crippen molar-refractivity contribution in [3.05, 3.63) is 22.4 Å². The summed E-state index contributed by atoms with van der Waals surface area (Å²) in [5, 5.41) is 5.21. The molecule has 1 aliphatic heterocycles.